The van der Waals surface area contributed by atoms with Crippen molar-refractivity contribution in [3.05, 3.63) is 53.0 Å². The Balaban J connectivity index is 1.93. The Morgan fingerprint density at radius 1 is 1.35 bits per heavy atom. The van der Waals surface area contributed by atoms with Crippen LogP contribution in [0.5, 0.6) is 5.75 Å². The molecule has 7 heteroatoms. The van der Waals surface area contributed by atoms with E-state index in [-0.39, 0.29) is 0 Å². The number of aromatic nitrogens is 3. The van der Waals surface area contributed by atoms with E-state index in [1.54, 1.807) is 24.6 Å². The quantitative estimate of drug-likeness (QED) is 0.551. The van der Waals surface area contributed by atoms with Crippen molar-refractivity contribution in [3.63, 3.8) is 0 Å². The second kappa shape index (κ2) is 7.06. The molecule has 2 heterocycles. The number of hydrogen-bond acceptors (Lipinski definition) is 5. The number of nitrogens with one attached hydrogen (secondary N) is 1. The second-order valence-corrected chi connectivity index (χ2v) is 5.16. The van der Waals surface area contributed by atoms with Crippen LogP contribution in [0.2, 0.25) is 0 Å². The first-order valence-electron chi connectivity index (χ1n) is 7.27. The van der Waals surface area contributed by atoms with Crippen LogP contribution in [0.25, 0.3) is 11.6 Å². The maximum atomic E-state index is 5.72. The van der Waals surface area contributed by atoms with Crippen molar-refractivity contribution in [2.75, 3.05) is 6.61 Å². The van der Waals surface area contributed by atoms with E-state index in [1.165, 1.54) is 4.68 Å². The number of rotatable bonds is 6. The number of para-hydroxylation sites is 1. The maximum Gasteiger partial charge on any atom is 0.219 e. The van der Waals surface area contributed by atoms with Gasteiger partial charge in [-0.15, -0.1) is 5.10 Å². The summed E-state index contributed by atoms with van der Waals surface area (Å²) in [6.07, 6.45) is 4.22. The van der Waals surface area contributed by atoms with Gasteiger partial charge in [0.15, 0.2) is 5.76 Å². The lowest BCUT2D eigenvalue weighted by Crippen LogP contribution is -1.99. The van der Waals surface area contributed by atoms with Gasteiger partial charge in [0.05, 0.1) is 19.1 Å². The summed E-state index contributed by atoms with van der Waals surface area (Å²) in [6, 6.07) is 11.3. The zero-order chi connectivity index (χ0) is 16.1. The first-order chi connectivity index (χ1) is 11.3. The Morgan fingerprint density at radius 3 is 3.00 bits per heavy atom. The predicted molar refractivity (Wildman–Crippen MR) is 90.3 cm³/mol. The van der Waals surface area contributed by atoms with Crippen LogP contribution in [0.4, 0.5) is 0 Å². The standard InChI is InChI=1S/C16H16N4O2S/c1-2-9-21-13-7-4-3-6-12(13)11-17-20-15(18-19-16(20)23)14-8-5-10-22-14/h3-8,10-11H,2,9H2,1H3,(H,19,23)/b17-11-. The van der Waals surface area contributed by atoms with E-state index < -0.39 is 0 Å². The van der Waals surface area contributed by atoms with Crippen molar-refractivity contribution in [2.45, 2.75) is 13.3 Å². The third-order valence-corrected chi connectivity index (χ3v) is 3.35. The number of H-pyrrole nitrogens is 1. The topological polar surface area (TPSA) is 68.3 Å². The molecule has 118 valence electrons. The average Bonchev–Trinajstić information content (AvgIpc) is 3.21. The Hall–Kier alpha value is -2.67. The van der Waals surface area contributed by atoms with Crippen LogP contribution in [0.3, 0.4) is 0 Å². The molecule has 2 aromatic heterocycles. The van der Waals surface area contributed by atoms with Gasteiger partial charge in [0.2, 0.25) is 10.6 Å². The van der Waals surface area contributed by atoms with Gasteiger partial charge in [0, 0.05) is 5.56 Å². The SMILES string of the molecule is CCCOc1ccccc1/C=N\n1c(-c2ccco2)n[nH]c1=S. The van der Waals surface area contributed by atoms with Crippen molar-refractivity contribution >= 4 is 18.4 Å². The molecule has 0 atom stereocenters. The number of nitrogens with zero attached hydrogens (tertiary/aromatic N) is 3. The fraction of sp³-hybridized carbons (Fsp3) is 0.188. The summed E-state index contributed by atoms with van der Waals surface area (Å²) in [5, 5.41) is 11.3. The van der Waals surface area contributed by atoms with Gasteiger partial charge in [-0.05, 0) is 42.9 Å². The van der Waals surface area contributed by atoms with Gasteiger partial charge in [-0.3, -0.25) is 0 Å². The number of benzene rings is 1. The molecular formula is C16H16N4O2S. The lowest BCUT2D eigenvalue weighted by molar-refractivity contribution is 0.317. The van der Waals surface area contributed by atoms with Crippen molar-refractivity contribution in [1.29, 1.82) is 0 Å². The maximum absolute atomic E-state index is 5.72. The molecule has 3 rings (SSSR count). The van der Waals surface area contributed by atoms with Crippen molar-refractivity contribution in [1.82, 2.24) is 14.9 Å². The molecule has 0 unspecified atom stereocenters. The Morgan fingerprint density at radius 2 is 2.22 bits per heavy atom. The fourth-order valence-electron chi connectivity index (χ4n) is 2.01. The van der Waals surface area contributed by atoms with Crippen LogP contribution >= 0.6 is 12.2 Å². The summed E-state index contributed by atoms with van der Waals surface area (Å²) < 4.78 is 13.0. The Kier molecular flexibility index (Phi) is 4.68. The van der Waals surface area contributed by atoms with E-state index in [9.17, 15) is 0 Å². The van der Waals surface area contributed by atoms with Crippen molar-refractivity contribution in [2.24, 2.45) is 5.10 Å². The third kappa shape index (κ3) is 3.40. The molecule has 0 saturated carbocycles. The molecule has 0 radical (unpaired) electrons. The molecule has 0 amide bonds. The van der Waals surface area contributed by atoms with Crippen LogP contribution in [0.1, 0.15) is 18.9 Å². The summed E-state index contributed by atoms with van der Waals surface area (Å²) in [4.78, 5) is 0. The Bertz CT molecular complexity index is 849. The van der Waals surface area contributed by atoms with E-state index >= 15 is 0 Å². The number of ether oxygens (including phenoxy) is 1. The highest BCUT2D eigenvalue weighted by atomic mass is 32.1. The highest BCUT2D eigenvalue weighted by molar-refractivity contribution is 7.71. The molecule has 0 aliphatic carbocycles. The monoisotopic (exact) mass is 328 g/mol. The first kappa shape index (κ1) is 15.2. The molecule has 0 aliphatic rings. The van der Waals surface area contributed by atoms with Gasteiger partial charge in [0.25, 0.3) is 0 Å². The molecule has 1 aromatic carbocycles. The Labute approximate surface area is 138 Å². The lowest BCUT2D eigenvalue weighted by atomic mass is 10.2. The molecule has 0 saturated heterocycles. The fourth-order valence-corrected chi connectivity index (χ4v) is 2.19. The molecule has 1 N–H and O–H groups in total. The van der Waals surface area contributed by atoms with Gasteiger partial charge in [-0.25, -0.2) is 5.10 Å². The van der Waals surface area contributed by atoms with Gasteiger partial charge >= 0.3 is 0 Å². The lowest BCUT2D eigenvalue weighted by Gasteiger charge is -2.07. The van der Waals surface area contributed by atoms with E-state index in [4.69, 9.17) is 21.4 Å². The third-order valence-electron chi connectivity index (χ3n) is 3.08. The van der Waals surface area contributed by atoms with Gasteiger partial charge in [-0.1, -0.05) is 19.1 Å². The predicted octanol–water partition coefficient (Wildman–Crippen LogP) is 3.87. The van der Waals surface area contributed by atoms with Crippen LogP contribution in [-0.2, 0) is 0 Å². The summed E-state index contributed by atoms with van der Waals surface area (Å²) in [6.45, 7) is 2.73. The van der Waals surface area contributed by atoms with E-state index in [2.05, 4.69) is 22.2 Å². The summed E-state index contributed by atoms with van der Waals surface area (Å²) in [5.41, 5.74) is 0.870. The molecule has 0 spiro atoms. The molecular weight excluding hydrogens is 312 g/mol. The minimum Gasteiger partial charge on any atom is -0.493 e. The number of aromatic amines is 1. The van der Waals surface area contributed by atoms with Gasteiger partial charge < -0.3 is 9.15 Å². The minimum absolute atomic E-state index is 0.389. The highest BCUT2D eigenvalue weighted by Crippen LogP contribution is 2.19. The van der Waals surface area contributed by atoms with Gasteiger partial charge in [-0.2, -0.15) is 9.78 Å². The minimum atomic E-state index is 0.389. The van der Waals surface area contributed by atoms with Crippen molar-refractivity contribution < 1.29 is 9.15 Å². The summed E-state index contributed by atoms with van der Waals surface area (Å²) in [5.74, 6) is 1.89. The zero-order valence-corrected chi connectivity index (χ0v) is 13.4. The zero-order valence-electron chi connectivity index (χ0n) is 12.6. The van der Waals surface area contributed by atoms with Crippen molar-refractivity contribution in [3.8, 4) is 17.3 Å². The van der Waals surface area contributed by atoms with Crippen LogP contribution in [0.15, 0.2) is 52.2 Å². The first-order valence-corrected chi connectivity index (χ1v) is 7.68. The highest BCUT2D eigenvalue weighted by Gasteiger charge is 2.10. The van der Waals surface area contributed by atoms with Crippen LogP contribution in [0, 0.1) is 4.77 Å². The molecule has 0 fully saturated rings. The normalized spacial score (nSPS) is 11.2. The molecule has 3 aromatic rings. The van der Waals surface area contributed by atoms with Gasteiger partial charge in [0.1, 0.15) is 5.75 Å². The number of furan rings is 1. The molecule has 0 bridgehead atoms. The van der Waals surface area contributed by atoms with E-state index in [1.807, 2.05) is 24.3 Å². The second-order valence-electron chi connectivity index (χ2n) is 4.77. The summed E-state index contributed by atoms with van der Waals surface area (Å²) in [7, 11) is 0. The average molecular weight is 328 g/mol. The van der Waals surface area contributed by atoms with Crippen LogP contribution < -0.4 is 4.74 Å². The largest absolute Gasteiger partial charge is 0.493 e. The summed E-state index contributed by atoms with van der Waals surface area (Å²) >= 11 is 5.22. The van der Waals surface area contributed by atoms with Crippen LogP contribution in [-0.4, -0.2) is 27.7 Å². The molecule has 0 aliphatic heterocycles. The molecule has 23 heavy (non-hydrogen) atoms. The van der Waals surface area contributed by atoms with E-state index in [0.717, 1.165) is 17.7 Å². The van der Waals surface area contributed by atoms with E-state index in [0.29, 0.717) is 23.0 Å². The number of hydrogen-bond donors (Lipinski definition) is 1. The molecule has 6 nitrogen and oxygen atoms in total. The smallest absolute Gasteiger partial charge is 0.219 e.